The number of β-amino-alcohol motifs (C(OH)–C–C–N with tert-alkyl or cyclic N) is 1. The maximum absolute atomic E-state index is 13.3. The van der Waals surface area contributed by atoms with Gasteiger partial charge in [0.15, 0.2) is 0 Å². The number of rotatable bonds is 2. The van der Waals surface area contributed by atoms with E-state index >= 15 is 0 Å². The van der Waals surface area contributed by atoms with E-state index in [0.29, 0.717) is 43.1 Å². The molecule has 1 unspecified atom stereocenters. The van der Waals surface area contributed by atoms with E-state index in [1.54, 1.807) is 29.2 Å². The molecule has 1 amide bonds. The summed E-state index contributed by atoms with van der Waals surface area (Å²) in [5, 5.41) is 11.2. The number of fused-ring (bicyclic) bond motifs is 1. The molecule has 1 fully saturated rings. The molecule has 3 aromatic rings. The maximum atomic E-state index is 13.3. The average Bonchev–Trinajstić information content (AvgIpc) is 2.95. The maximum Gasteiger partial charge on any atom is 0.256 e. The Bertz CT molecular complexity index is 1450. The minimum atomic E-state index is -3.96. The van der Waals surface area contributed by atoms with Crippen LogP contribution in [0.15, 0.2) is 66.1 Å². The van der Waals surface area contributed by atoms with Gasteiger partial charge in [0.2, 0.25) is 10.0 Å². The monoisotopic (exact) mass is 585 g/mol. The number of benzene rings is 2. The number of amides is 1. The van der Waals surface area contributed by atoms with Gasteiger partial charge in [-0.05, 0) is 55.3 Å². The molecule has 0 radical (unpaired) electrons. The number of aliphatic hydroxyl groups excluding tert-OH is 1. The summed E-state index contributed by atoms with van der Waals surface area (Å²) in [4.78, 5) is 24.7. The zero-order chi connectivity index (χ0) is 28.3. The van der Waals surface area contributed by atoms with Gasteiger partial charge in [0, 0.05) is 55.6 Å². The second-order valence-electron chi connectivity index (χ2n) is 10.6. The summed E-state index contributed by atoms with van der Waals surface area (Å²) in [6, 6.07) is 12.3. The highest BCUT2D eigenvalue weighted by Crippen LogP contribution is 2.37. The number of piperidine rings is 1. The number of hydrogen-bond donors (Lipinski definition) is 2. The van der Waals surface area contributed by atoms with Crippen molar-refractivity contribution < 1.29 is 23.1 Å². The Hall–Kier alpha value is -3.09. The Balaban J connectivity index is 1.44. The van der Waals surface area contributed by atoms with Crippen LogP contribution in [0.1, 0.15) is 23.2 Å². The molecule has 0 aliphatic carbocycles. The van der Waals surface area contributed by atoms with Gasteiger partial charge in [0.05, 0.1) is 18.3 Å². The standard InChI is InChI=1S/C28H32ClN5O5S/c1-33-16-24(35)15-32-40(37,38)26-7-4-21(20-2-5-23(29)6-3-20)12-25(26)39-18-28(17-33)8-10-34(11-9-28)27(36)22-13-30-19-31-14-22/h2-7,12-14,19,24,32,35H,8-11,15-18H2,1H3. The Kier molecular flexibility index (Phi) is 8.39. The summed E-state index contributed by atoms with van der Waals surface area (Å²) < 4.78 is 35.4. The van der Waals surface area contributed by atoms with E-state index in [1.807, 2.05) is 24.1 Å². The number of hydrogen-bond acceptors (Lipinski definition) is 8. The van der Waals surface area contributed by atoms with Crippen LogP contribution in [-0.2, 0) is 10.0 Å². The third-order valence-corrected chi connectivity index (χ3v) is 9.22. The summed E-state index contributed by atoms with van der Waals surface area (Å²) in [5.41, 5.74) is 1.72. The third-order valence-electron chi connectivity index (χ3n) is 7.50. The summed E-state index contributed by atoms with van der Waals surface area (Å²) in [5.74, 6) is 0.111. The molecule has 0 saturated carbocycles. The highest BCUT2D eigenvalue weighted by molar-refractivity contribution is 7.89. The van der Waals surface area contributed by atoms with Crippen molar-refractivity contribution in [2.24, 2.45) is 5.41 Å². The molecule has 10 nitrogen and oxygen atoms in total. The fourth-order valence-electron chi connectivity index (χ4n) is 5.37. The van der Waals surface area contributed by atoms with Gasteiger partial charge in [-0.3, -0.25) is 4.79 Å². The second-order valence-corrected chi connectivity index (χ2v) is 12.8. The predicted molar refractivity (Wildman–Crippen MR) is 151 cm³/mol. The number of nitrogens with zero attached hydrogens (tertiary/aromatic N) is 4. The molecule has 1 aromatic heterocycles. The number of aromatic nitrogens is 2. The van der Waals surface area contributed by atoms with Gasteiger partial charge in [0.25, 0.3) is 5.91 Å². The van der Waals surface area contributed by atoms with E-state index in [9.17, 15) is 18.3 Å². The molecule has 2 aliphatic heterocycles. The molecule has 1 spiro atoms. The number of aliphatic hydroxyl groups is 1. The number of nitrogens with one attached hydrogen (secondary N) is 1. The lowest BCUT2D eigenvalue weighted by Crippen LogP contribution is -2.51. The minimum Gasteiger partial charge on any atom is -0.492 e. The van der Waals surface area contributed by atoms with E-state index in [0.717, 1.165) is 11.1 Å². The van der Waals surface area contributed by atoms with Crippen LogP contribution in [0.4, 0.5) is 0 Å². The summed E-state index contributed by atoms with van der Waals surface area (Å²) in [7, 11) is -2.06. The normalized spacial score (nSPS) is 21.5. The fourth-order valence-corrected chi connectivity index (χ4v) is 6.69. The molecule has 212 valence electrons. The smallest absolute Gasteiger partial charge is 0.256 e. The number of ether oxygens (including phenoxy) is 1. The minimum absolute atomic E-state index is 0.0122. The topological polar surface area (TPSA) is 125 Å². The first-order valence-corrected chi connectivity index (χ1v) is 14.9. The second kappa shape index (κ2) is 11.8. The molecular weight excluding hydrogens is 554 g/mol. The Morgan fingerprint density at radius 1 is 1.10 bits per heavy atom. The lowest BCUT2D eigenvalue weighted by molar-refractivity contribution is 0.0159. The Labute approximate surface area is 239 Å². The van der Waals surface area contributed by atoms with Crippen molar-refractivity contribution >= 4 is 27.5 Å². The van der Waals surface area contributed by atoms with Gasteiger partial charge in [0.1, 0.15) is 17.0 Å². The number of carbonyl (C=O) groups is 1. The zero-order valence-corrected chi connectivity index (χ0v) is 23.7. The van der Waals surface area contributed by atoms with Crippen molar-refractivity contribution in [3.63, 3.8) is 0 Å². The quantitative estimate of drug-likeness (QED) is 0.470. The van der Waals surface area contributed by atoms with Crippen LogP contribution in [-0.4, -0.2) is 91.7 Å². The van der Waals surface area contributed by atoms with Gasteiger partial charge in [-0.15, -0.1) is 0 Å². The molecule has 40 heavy (non-hydrogen) atoms. The molecular formula is C28H32ClN5O5S. The van der Waals surface area contributed by atoms with Gasteiger partial charge >= 0.3 is 0 Å². The van der Waals surface area contributed by atoms with Crippen LogP contribution in [0.3, 0.4) is 0 Å². The number of halogens is 1. The molecule has 12 heteroatoms. The van der Waals surface area contributed by atoms with Crippen LogP contribution in [0.2, 0.25) is 5.02 Å². The van der Waals surface area contributed by atoms with Gasteiger partial charge in [-0.1, -0.05) is 29.8 Å². The molecule has 3 heterocycles. The number of carbonyl (C=O) groups excluding carboxylic acids is 1. The van der Waals surface area contributed by atoms with Crippen molar-refractivity contribution in [1.29, 1.82) is 0 Å². The van der Waals surface area contributed by atoms with Crippen LogP contribution in [0.25, 0.3) is 11.1 Å². The molecule has 2 aliphatic rings. The molecule has 1 atom stereocenters. The van der Waals surface area contributed by atoms with Crippen LogP contribution >= 0.6 is 11.6 Å². The number of sulfonamides is 1. The van der Waals surface area contributed by atoms with E-state index in [1.165, 1.54) is 24.8 Å². The molecule has 5 rings (SSSR count). The SMILES string of the molecule is CN1CC(O)CNS(=O)(=O)c2ccc(-c3ccc(Cl)cc3)cc2OCC2(CCN(C(=O)c3cncnc3)CC2)C1. The Morgan fingerprint density at radius 3 is 2.48 bits per heavy atom. The van der Waals surface area contributed by atoms with Gasteiger partial charge in [-0.25, -0.2) is 23.1 Å². The molecule has 0 bridgehead atoms. The van der Waals surface area contributed by atoms with Crippen LogP contribution in [0, 0.1) is 5.41 Å². The predicted octanol–water partition coefficient (Wildman–Crippen LogP) is 2.68. The van der Waals surface area contributed by atoms with Crippen molar-refractivity contribution in [3.05, 3.63) is 71.8 Å². The average molecular weight is 586 g/mol. The van der Waals surface area contributed by atoms with Crippen molar-refractivity contribution in [3.8, 4) is 16.9 Å². The first-order chi connectivity index (χ1) is 19.1. The largest absolute Gasteiger partial charge is 0.492 e. The van der Waals surface area contributed by atoms with Crippen LogP contribution < -0.4 is 9.46 Å². The van der Waals surface area contributed by atoms with E-state index in [2.05, 4.69) is 14.7 Å². The van der Waals surface area contributed by atoms with E-state index < -0.39 is 16.1 Å². The van der Waals surface area contributed by atoms with E-state index in [-0.39, 0.29) is 41.7 Å². The summed E-state index contributed by atoms with van der Waals surface area (Å²) >= 11 is 6.06. The fraction of sp³-hybridized carbons (Fsp3) is 0.393. The van der Waals surface area contributed by atoms with Gasteiger partial charge in [-0.2, -0.15) is 0 Å². The van der Waals surface area contributed by atoms with Crippen molar-refractivity contribution in [2.45, 2.75) is 23.8 Å². The summed E-state index contributed by atoms with van der Waals surface area (Å²) in [6.45, 7) is 2.03. The summed E-state index contributed by atoms with van der Waals surface area (Å²) in [6.07, 6.45) is 4.80. The van der Waals surface area contributed by atoms with Gasteiger partial charge < -0.3 is 19.6 Å². The van der Waals surface area contributed by atoms with Crippen molar-refractivity contribution in [2.75, 3.05) is 46.4 Å². The molecule has 1 saturated heterocycles. The highest BCUT2D eigenvalue weighted by atomic mass is 35.5. The first-order valence-electron chi connectivity index (χ1n) is 13.1. The van der Waals surface area contributed by atoms with Crippen LogP contribution in [0.5, 0.6) is 5.75 Å². The first kappa shape index (κ1) is 28.4. The number of likely N-dealkylation sites (tertiary alicyclic amines) is 1. The highest BCUT2D eigenvalue weighted by Gasteiger charge is 2.39. The lowest BCUT2D eigenvalue weighted by Gasteiger charge is -2.44. The van der Waals surface area contributed by atoms with Crippen molar-refractivity contribution in [1.82, 2.24) is 24.5 Å². The molecule has 2 N–H and O–H groups in total. The molecule has 2 aromatic carbocycles. The van der Waals surface area contributed by atoms with E-state index in [4.69, 9.17) is 16.3 Å². The Morgan fingerprint density at radius 2 is 1.77 bits per heavy atom. The number of likely N-dealkylation sites (N-methyl/N-ethyl adjacent to an activating group) is 1. The third kappa shape index (κ3) is 6.45. The lowest BCUT2D eigenvalue weighted by atomic mass is 9.78. The zero-order valence-electron chi connectivity index (χ0n) is 22.2.